The first kappa shape index (κ1) is 8.10. The van der Waals surface area contributed by atoms with E-state index in [9.17, 15) is 13.2 Å². The highest BCUT2D eigenvalue weighted by atomic mass is 19.4. The van der Waals surface area contributed by atoms with Crippen molar-refractivity contribution in [2.24, 2.45) is 0 Å². The second kappa shape index (κ2) is 2.56. The van der Waals surface area contributed by atoms with E-state index in [0.717, 1.165) is 12.3 Å². The van der Waals surface area contributed by atoms with E-state index < -0.39 is 11.9 Å². The summed E-state index contributed by atoms with van der Waals surface area (Å²) >= 11 is 0. The second-order valence-corrected chi connectivity index (χ2v) is 1.97. The molecule has 5 heteroatoms. The minimum atomic E-state index is -4.41. The summed E-state index contributed by atoms with van der Waals surface area (Å²) in [5.74, 6) is 0. The van der Waals surface area contributed by atoms with Gasteiger partial charge in [-0.15, -0.1) is 0 Å². The van der Waals surface area contributed by atoms with Gasteiger partial charge in [0.25, 0.3) is 0 Å². The van der Waals surface area contributed by atoms with Gasteiger partial charge in [0.15, 0.2) is 0 Å². The number of alkyl halides is 3. The van der Waals surface area contributed by atoms with Crippen LogP contribution in [0.1, 0.15) is 5.69 Å². The molecule has 1 rings (SSSR count). The Morgan fingerprint density at radius 2 is 2.00 bits per heavy atom. The molecule has 0 saturated heterocycles. The van der Waals surface area contributed by atoms with Crippen molar-refractivity contribution in [3.63, 3.8) is 0 Å². The first-order chi connectivity index (χ1) is 5.00. The van der Waals surface area contributed by atoms with Gasteiger partial charge in [0.1, 0.15) is 13.5 Å². The van der Waals surface area contributed by atoms with Gasteiger partial charge in [-0.1, -0.05) is 11.5 Å². The predicted octanol–water partition coefficient (Wildman–Crippen LogP) is 0.894. The topological polar surface area (TPSA) is 12.9 Å². The minimum Gasteiger partial charge on any atom is -0.252 e. The summed E-state index contributed by atoms with van der Waals surface area (Å²) in [5, 5.41) is 0. The van der Waals surface area contributed by atoms with Gasteiger partial charge in [-0.05, 0) is 6.07 Å². The normalized spacial score (nSPS) is 11.5. The number of rotatable bonds is 0. The van der Waals surface area contributed by atoms with Crippen LogP contribution >= 0.6 is 0 Å². The summed E-state index contributed by atoms with van der Waals surface area (Å²) in [6.45, 7) is 0. The van der Waals surface area contributed by atoms with E-state index in [-0.39, 0.29) is 5.46 Å². The average molecular weight is 157 g/mol. The highest BCUT2D eigenvalue weighted by Crippen LogP contribution is 2.25. The van der Waals surface area contributed by atoms with Crippen LogP contribution in [0.5, 0.6) is 0 Å². The van der Waals surface area contributed by atoms with Crippen LogP contribution in [0, 0.1) is 0 Å². The lowest BCUT2D eigenvalue weighted by molar-refractivity contribution is -0.141. The molecule has 0 aliphatic carbocycles. The summed E-state index contributed by atoms with van der Waals surface area (Å²) in [6.07, 6.45) is -3.38. The molecule has 11 heavy (non-hydrogen) atoms. The number of pyridine rings is 1. The van der Waals surface area contributed by atoms with Gasteiger partial charge in [0.05, 0.1) is 0 Å². The zero-order chi connectivity index (χ0) is 8.48. The number of aromatic nitrogens is 1. The summed E-state index contributed by atoms with van der Waals surface area (Å²) in [6, 6.07) is 2.09. The molecule has 0 N–H and O–H groups in total. The molecule has 0 aliphatic rings. The Kier molecular flexibility index (Phi) is 1.89. The van der Waals surface area contributed by atoms with Gasteiger partial charge < -0.3 is 0 Å². The lowest BCUT2D eigenvalue weighted by Crippen LogP contribution is -2.13. The molecule has 2 radical (unpaired) electrons. The summed E-state index contributed by atoms with van der Waals surface area (Å²) in [5.41, 5.74) is -0.898. The maximum atomic E-state index is 11.8. The third-order valence-corrected chi connectivity index (χ3v) is 1.07. The van der Waals surface area contributed by atoms with Crippen molar-refractivity contribution in [3.05, 3.63) is 24.0 Å². The highest BCUT2D eigenvalue weighted by molar-refractivity contribution is 6.32. The van der Waals surface area contributed by atoms with E-state index in [4.69, 9.17) is 7.85 Å². The van der Waals surface area contributed by atoms with Crippen molar-refractivity contribution in [1.29, 1.82) is 0 Å². The zero-order valence-electron chi connectivity index (χ0n) is 5.39. The number of halogens is 3. The van der Waals surface area contributed by atoms with Gasteiger partial charge in [0, 0.05) is 6.20 Å². The molecule has 0 unspecified atom stereocenters. The number of hydrogen-bond donors (Lipinski definition) is 0. The Hall–Kier alpha value is -0.995. The molecule has 0 fully saturated rings. The quantitative estimate of drug-likeness (QED) is 0.509. The van der Waals surface area contributed by atoms with E-state index in [1.54, 1.807) is 0 Å². The Morgan fingerprint density at radius 1 is 1.36 bits per heavy atom. The zero-order valence-corrected chi connectivity index (χ0v) is 5.39. The first-order valence-electron chi connectivity index (χ1n) is 2.79. The number of nitrogens with zero attached hydrogens (tertiary/aromatic N) is 1. The van der Waals surface area contributed by atoms with E-state index in [1.165, 1.54) is 6.07 Å². The molecule has 56 valence electrons. The van der Waals surface area contributed by atoms with E-state index >= 15 is 0 Å². The van der Waals surface area contributed by atoms with Crippen molar-refractivity contribution in [1.82, 2.24) is 4.98 Å². The van der Waals surface area contributed by atoms with Gasteiger partial charge in [0.2, 0.25) is 0 Å². The summed E-state index contributed by atoms with van der Waals surface area (Å²) in [4.78, 5) is 3.11. The molecule has 0 atom stereocenters. The van der Waals surface area contributed by atoms with Crippen LogP contribution in [0.25, 0.3) is 0 Å². The lowest BCUT2D eigenvalue weighted by atomic mass is 9.97. The number of hydrogen-bond acceptors (Lipinski definition) is 1. The smallest absolute Gasteiger partial charge is 0.252 e. The van der Waals surface area contributed by atoms with Crippen molar-refractivity contribution >= 4 is 13.3 Å². The molecular weight excluding hydrogens is 154 g/mol. The standard InChI is InChI=1S/C6H3BF3N/c7-4-1-2-11-5(3-4)6(8,9)10/h1-3H. The summed E-state index contributed by atoms with van der Waals surface area (Å²) < 4.78 is 35.5. The van der Waals surface area contributed by atoms with Gasteiger partial charge >= 0.3 is 6.18 Å². The molecule has 0 aromatic carbocycles. The Labute approximate surface area is 62.7 Å². The maximum absolute atomic E-state index is 11.8. The molecule has 1 nitrogen and oxygen atoms in total. The van der Waals surface area contributed by atoms with Gasteiger partial charge in [-0.3, -0.25) is 4.98 Å². The third kappa shape index (κ3) is 1.96. The fourth-order valence-corrected chi connectivity index (χ4v) is 0.602. The molecule has 0 spiro atoms. The molecule has 1 heterocycles. The highest BCUT2D eigenvalue weighted by Gasteiger charge is 2.31. The first-order valence-corrected chi connectivity index (χ1v) is 2.79. The molecule has 0 aliphatic heterocycles. The largest absolute Gasteiger partial charge is 0.433 e. The van der Waals surface area contributed by atoms with Crippen LogP contribution in [0.2, 0.25) is 0 Å². The Bertz CT molecular complexity index is 258. The molecule has 0 amide bonds. The molecule has 1 aromatic heterocycles. The summed E-state index contributed by atoms with van der Waals surface area (Å²) in [7, 11) is 5.12. The molecule has 1 aromatic rings. The minimum absolute atomic E-state index is 0.0623. The lowest BCUT2D eigenvalue weighted by Gasteiger charge is -2.04. The van der Waals surface area contributed by atoms with Gasteiger partial charge in [-0.25, -0.2) is 0 Å². The van der Waals surface area contributed by atoms with Crippen molar-refractivity contribution in [3.8, 4) is 0 Å². The molecule has 0 bridgehead atoms. The second-order valence-electron chi connectivity index (χ2n) is 1.97. The van der Waals surface area contributed by atoms with Gasteiger partial charge in [-0.2, -0.15) is 13.2 Å². The molecular formula is C6H3BF3N. The van der Waals surface area contributed by atoms with Crippen molar-refractivity contribution < 1.29 is 13.2 Å². The third-order valence-electron chi connectivity index (χ3n) is 1.07. The fraction of sp³-hybridized carbons (Fsp3) is 0.167. The van der Waals surface area contributed by atoms with Crippen LogP contribution in [-0.4, -0.2) is 12.8 Å². The van der Waals surface area contributed by atoms with Crippen LogP contribution in [0.15, 0.2) is 18.3 Å². The average Bonchev–Trinajstić information content (AvgIpc) is 1.86. The Balaban J connectivity index is 3.06. The van der Waals surface area contributed by atoms with Crippen LogP contribution < -0.4 is 5.46 Å². The molecule has 0 saturated carbocycles. The van der Waals surface area contributed by atoms with Crippen molar-refractivity contribution in [2.75, 3.05) is 0 Å². The van der Waals surface area contributed by atoms with E-state index in [2.05, 4.69) is 4.98 Å². The monoisotopic (exact) mass is 157 g/mol. The predicted molar refractivity (Wildman–Crippen MR) is 34.6 cm³/mol. The SMILES string of the molecule is [B]c1ccnc(C(F)(F)F)c1. The van der Waals surface area contributed by atoms with Crippen LogP contribution in [0.3, 0.4) is 0 Å². The fourth-order valence-electron chi connectivity index (χ4n) is 0.602. The maximum Gasteiger partial charge on any atom is 0.433 e. The van der Waals surface area contributed by atoms with Crippen molar-refractivity contribution in [2.45, 2.75) is 6.18 Å². The van der Waals surface area contributed by atoms with Crippen LogP contribution in [0.4, 0.5) is 13.2 Å². The van der Waals surface area contributed by atoms with E-state index in [0.29, 0.717) is 0 Å². The van der Waals surface area contributed by atoms with Crippen LogP contribution in [-0.2, 0) is 6.18 Å². The van der Waals surface area contributed by atoms with E-state index in [1.807, 2.05) is 0 Å². The Morgan fingerprint density at radius 3 is 2.36 bits per heavy atom.